The van der Waals surface area contributed by atoms with E-state index in [1.165, 1.54) is 18.3 Å². The SMILES string of the molecule is COCC1CCCCN1c1cnc(-c2ccc(F)cc2F)c(-c2ccncc2Cl)n1. The smallest absolute Gasteiger partial charge is 0.148 e. The van der Waals surface area contributed by atoms with Gasteiger partial charge in [-0.25, -0.2) is 18.7 Å². The summed E-state index contributed by atoms with van der Waals surface area (Å²) in [7, 11) is 1.68. The van der Waals surface area contributed by atoms with Crippen molar-refractivity contribution in [2.45, 2.75) is 25.3 Å². The molecule has 1 atom stereocenters. The normalized spacial score (nSPS) is 16.7. The Bertz CT molecular complexity index is 1050. The van der Waals surface area contributed by atoms with Crippen molar-refractivity contribution in [3.63, 3.8) is 0 Å². The fourth-order valence-electron chi connectivity index (χ4n) is 3.82. The van der Waals surface area contributed by atoms with Gasteiger partial charge in [0, 0.05) is 43.2 Å². The molecule has 0 bridgehead atoms. The fraction of sp³-hybridized carbons (Fsp3) is 0.318. The van der Waals surface area contributed by atoms with Crippen molar-refractivity contribution in [3.8, 4) is 22.5 Å². The van der Waals surface area contributed by atoms with Crippen molar-refractivity contribution in [3.05, 3.63) is 59.5 Å². The van der Waals surface area contributed by atoms with E-state index in [1.807, 2.05) is 0 Å². The number of hydrogen-bond donors (Lipinski definition) is 0. The van der Waals surface area contributed by atoms with Gasteiger partial charge in [-0.15, -0.1) is 0 Å². The van der Waals surface area contributed by atoms with Crippen molar-refractivity contribution in [2.75, 3.05) is 25.2 Å². The first-order valence-electron chi connectivity index (χ1n) is 9.76. The molecule has 5 nitrogen and oxygen atoms in total. The zero-order valence-electron chi connectivity index (χ0n) is 16.5. The number of methoxy groups -OCH3 is 1. The molecule has 1 unspecified atom stereocenters. The fourth-order valence-corrected chi connectivity index (χ4v) is 4.03. The van der Waals surface area contributed by atoms with Gasteiger partial charge in [-0.2, -0.15) is 0 Å². The van der Waals surface area contributed by atoms with Crippen LogP contribution in [0.25, 0.3) is 22.5 Å². The molecule has 4 rings (SSSR count). The predicted octanol–water partition coefficient (Wildman–Crippen LogP) is 5.14. The highest BCUT2D eigenvalue weighted by Gasteiger charge is 2.26. The van der Waals surface area contributed by atoms with Crippen LogP contribution in [0.15, 0.2) is 42.9 Å². The lowest BCUT2D eigenvalue weighted by molar-refractivity contribution is 0.166. The van der Waals surface area contributed by atoms with Crippen molar-refractivity contribution >= 4 is 17.4 Å². The van der Waals surface area contributed by atoms with Crippen LogP contribution in [-0.4, -0.2) is 41.3 Å². The highest BCUT2D eigenvalue weighted by Crippen LogP contribution is 2.36. The third-order valence-corrected chi connectivity index (χ3v) is 5.56. The summed E-state index contributed by atoms with van der Waals surface area (Å²) in [6, 6.07) is 5.30. The molecule has 0 aliphatic carbocycles. The largest absolute Gasteiger partial charge is 0.383 e. The molecule has 0 radical (unpaired) electrons. The summed E-state index contributed by atoms with van der Waals surface area (Å²) in [6.45, 7) is 1.41. The molecule has 0 spiro atoms. The Morgan fingerprint density at radius 3 is 2.77 bits per heavy atom. The molecule has 1 aliphatic rings. The van der Waals surface area contributed by atoms with E-state index in [4.69, 9.17) is 21.3 Å². The highest BCUT2D eigenvalue weighted by molar-refractivity contribution is 6.33. The third kappa shape index (κ3) is 4.13. The first-order valence-corrected chi connectivity index (χ1v) is 10.1. The predicted molar refractivity (Wildman–Crippen MR) is 112 cm³/mol. The number of halogens is 3. The molecule has 0 saturated carbocycles. The molecule has 1 aliphatic heterocycles. The molecular weight excluding hydrogens is 410 g/mol. The van der Waals surface area contributed by atoms with Gasteiger partial charge < -0.3 is 9.64 Å². The van der Waals surface area contributed by atoms with E-state index in [2.05, 4.69) is 14.9 Å². The average molecular weight is 431 g/mol. The summed E-state index contributed by atoms with van der Waals surface area (Å²) < 4.78 is 33.4. The van der Waals surface area contributed by atoms with Crippen LogP contribution in [0, 0.1) is 11.6 Å². The molecule has 3 aromatic rings. The maximum atomic E-state index is 14.6. The molecule has 8 heteroatoms. The Morgan fingerprint density at radius 1 is 1.13 bits per heavy atom. The molecule has 1 saturated heterocycles. The van der Waals surface area contributed by atoms with E-state index < -0.39 is 11.6 Å². The van der Waals surface area contributed by atoms with Gasteiger partial charge >= 0.3 is 0 Å². The highest BCUT2D eigenvalue weighted by atomic mass is 35.5. The second-order valence-corrected chi connectivity index (χ2v) is 7.61. The standard InChI is InChI=1S/C22H21ClF2N4O/c1-30-13-15-4-2-3-9-29(15)20-12-27-21(17-6-5-14(24)10-19(17)25)22(28-20)16-7-8-26-11-18(16)23/h5-8,10-12,15H,2-4,9,13H2,1H3. The van der Waals surface area contributed by atoms with Crippen LogP contribution >= 0.6 is 11.6 Å². The maximum absolute atomic E-state index is 14.6. The van der Waals surface area contributed by atoms with E-state index in [1.54, 1.807) is 25.6 Å². The van der Waals surface area contributed by atoms with Crippen LogP contribution in [0.5, 0.6) is 0 Å². The van der Waals surface area contributed by atoms with Crippen molar-refractivity contribution in [1.29, 1.82) is 0 Å². The summed E-state index contributed by atoms with van der Waals surface area (Å²) in [5.41, 5.74) is 1.46. The lowest BCUT2D eigenvalue weighted by atomic mass is 10.0. The van der Waals surface area contributed by atoms with Crippen LogP contribution in [-0.2, 0) is 4.74 Å². The number of ether oxygens (including phenoxy) is 1. The number of pyridine rings is 1. The molecule has 3 heterocycles. The second-order valence-electron chi connectivity index (χ2n) is 7.20. The number of benzene rings is 1. The Balaban J connectivity index is 1.86. The number of nitrogens with zero attached hydrogens (tertiary/aromatic N) is 4. The molecule has 156 valence electrons. The summed E-state index contributed by atoms with van der Waals surface area (Å²) in [4.78, 5) is 15.6. The molecule has 2 aromatic heterocycles. The quantitative estimate of drug-likeness (QED) is 0.560. The molecule has 0 N–H and O–H groups in total. The average Bonchev–Trinajstić information content (AvgIpc) is 2.75. The minimum Gasteiger partial charge on any atom is -0.383 e. The van der Waals surface area contributed by atoms with E-state index in [0.29, 0.717) is 34.4 Å². The van der Waals surface area contributed by atoms with E-state index in [0.717, 1.165) is 31.9 Å². The lowest BCUT2D eigenvalue weighted by Gasteiger charge is -2.36. The Hall–Kier alpha value is -2.64. The molecule has 1 fully saturated rings. The van der Waals surface area contributed by atoms with Gasteiger partial charge in [-0.1, -0.05) is 11.6 Å². The van der Waals surface area contributed by atoms with Crippen molar-refractivity contribution < 1.29 is 13.5 Å². The Labute approximate surface area is 178 Å². The monoisotopic (exact) mass is 430 g/mol. The number of hydrogen-bond acceptors (Lipinski definition) is 5. The maximum Gasteiger partial charge on any atom is 0.148 e. The molecule has 0 amide bonds. The van der Waals surface area contributed by atoms with Crippen LogP contribution in [0.4, 0.5) is 14.6 Å². The van der Waals surface area contributed by atoms with Crippen LogP contribution in [0.2, 0.25) is 5.02 Å². The first-order chi connectivity index (χ1) is 14.6. The van der Waals surface area contributed by atoms with E-state index >= 15 is 0 Å². The second kappa shape index (κ2) is 9.02. The van der Waals surface area contributed by atoms with E-state index in [-0.39, 0.29) is 11.6 Å². The number of piperidine rings is 1. The minimum atomic E-state index is -0.710. The van der Waals surface area contributed by atoms with E-state index in [9.17, 15) is 8.78 Å². The summed E-state index contributed by atoms with van der Waals surface area (Å²) in [6.07, 6.45) is 7.89. The van der Waals surface area contributed by atoms with Crippen molar-refractivity contribution in [1.82, 2.24) is 15.0 Å². The Kier molecular flexibility index (Phi) is 6.20. The lowest BCUT2D eigenvalue weighted by Crippen LogP contribution is -2.43. The van der Waals surface area contributed by atoms with Gasteiger partial charge in [0.2, 0.25) is 0 Å². The summed E-state index contributed by atoms with van der Waals surface area (Å²) >= 11 is 6.38. The van der Waals surface area contributed by atoms with Crippen LogP contribution in [0.3, 0.4) is 0 Å². The van der Waals surface area contributed by atoms with Gasteiger partial charge in [-0.05, 0) is 37.5 Å². The van der Waals surface area contributed by atoms with Crippen molar-refractivity contribution in [2.24, 2.45) is 0 Å². The number of anilines is 1. The van der Waals surface area contributed by atoms with Gasteiger partial charge in [0.25, 0.3) is 0 Å². The topological polar surface area (TPSA) is 51.1 Å². The first kappa shape index (κ1) is 20.6. The summed E-state index contributed by atoms with van der Waals surface area (Å²) in [5.74, 6) is -0.690. The third-order valence-electron chi connectivity index (χ3n) is 5.25. The number of aromatic nitrogens is 3. The molecule has 30 heavy (non-hydrogen) atoms. The molecule has 1 aromatic carbocycles. The zero-order chi connectivity index (χ0) is 21.1. The van der Waals surface area contributed by atoms with Gasteiger partial charge in [0.05, 0.1) is 29.6 Å². The molecular formula is C22H21ClF2N4O. The zero-order valence-corrected chi connectivity index (χ0v) is 17.2. The summed E-state index contributed by atoms with van der Waals surface area (Å²) in [5, 5.41) is 0.375. The van der Waals surface area contributed by atoms with Crippen LogP contribution in [0.1, 0.15) is 19.3 Å². The van der Waals surface area contributed by atoms with Gasteiger partial charge in [0.1, 0.15) is 23.1 Å². The minimum absolute atomic E-state index is 0.158. The Morgan fingerprint density at radius 2 is 2.00 bits per heavy atom. The number of rotatable bonds is 5. The van der Waals surface area contributed by atoms with Crippen LogP contribution < -0.4 is 4.90 Å². The van der Waals surface area contributed by atoms with Gasteiger partial charge in [-0.3, -0.25) is 4.98 Å². The van der Waals surface area contributed by atoms with Gasteiger partial charge in [0.15, 0.2) is 0 Å².